The zero-order chi connectivity index (χ0) is 18.4. The first-order chi connectivity index (χ1) is 12.7. The lowest BCUT2D eigenvalue weighted by Crippen LogP contribution is -2.39. The molecule has 1 aliphatic heterocycles. The number of nitrogens with one attached hydrogen (secondary N) is 1. The number of hydrogen-bond acceptors (Lipinski definition) is 4. The highest BCUT2D eigenvalue weighted by Gasteiger charge is 2.22. The second-order valence-corrected chi connectivity index (χ2v) is 7.91. The number of aliphatic imine (C=N–C) groups is 1. The molecule has 0 saturated carbocycles. The van der Waals surface area contributed by atoms with E-state index in [0.29, 0.717) is 5.92 Å². The van der Waals surface area contributed by atoms with Gasteiger partial charge in [-0.3, -0.25) is 4.99 Å². The van der Waals surface area contributed by atoms with Gasteiger partial charge >= 0.3 is 0 Å². The molecule has 0 aliphatic carbocycles. The number of benzene rings is 1. The number of aromatic nitrogens is 1. The maximum atomic E-state index is 4.91. The number of hydrogen-bond donors (Lipinski definition) is 1. The van der Waals surface area contributed by atoms with Gasteiger partial charge in [0, 0.05) is 44.3 Å². The number of para-hydroxylation sites is 1. The highest BCUT2D eigenvalue weighted by molar-refractivity contribution is 7.09. The molecule has 140 valence electrons. The summed E-state index contributed by atoms with van der Waals surface area (Å²) in [6, 6.07) is 10.7. The Labute approximate surface area is 160 Å². The van der Waals surface area contributed by atoms with Crippen molar-refractivity contribution in [3.8, 4) is 0 Å². The molecule has 2 heterocycles. The van der Waals surface area contributed by atoms with E-state index in [0.717, 1.165) is 49.4 Å². The zero-order valence-corrected chi connectivity index (χ0v) is 16.8. The van der Waals surface area contributed by atoms with Crippen LogP contribution in [0.15, 0.2) is 40.7 Å². The molecule has 0 bridgehead atoms. The van der Waals surface area contributed by atoms with Crippen LogP contribution in [0, 0.1) is 12.8 Å². The molecule has 2 aromatic rings. The molecule has 0 amide bonds. The van der Waals surface area contributed by atoms with E-state index in [1.807, 2.05) is 6.92 Å². The molecule has 6 heteroatoms. The molecule has 26 heavy (non-hydrogen) atoms. The number of rotatable bonds is 6. The van der Waals surface area contributed by atoms with Crippen LogP contribution in [-0.4, -0.2) is 49.1 Å². The molecule has 3 rings (SSSR count). The first-order valence-corrected chi connectivity index (χ1v) is 10.2. The van der Waals surface area contributed by atoms with Gasteiger partial charge in [0.05, 0.1) is 17.2 Å². The van der Waals surface area contributed by atoms with Crippen LogP contribution in [0.25, 0.3) is 0 Å². The average molecular weight is 372 g/mol. The first-order valence-electron chi connectivity index (χ1n) is 9.36. The van der Waals surface area contributed by atoms with Crippen LogP contribution in [-0.2, 0) is 6.54 Å². The molecule has 0 radical (unpaired) electrons. The van der Waals surface area contributed by atoms with Gasteiger partial charge < -0.3 is 15.1 Å². The van der Waals surface area contributed by atoms with Gasteiger partial charge in [0.25, 0.3) is 0 Å². The van der Waals surface area contributed by atoms with Crippen LogP contribution >= 0.6 is 11.3 Å². The maximum Gasteiger partial charge on any atom is 0.194 e. The summed E-state index contributed by atoms with van der Waals surface area (Å²) in [6.07, 6.45) is 1.20. The van der Waals surface area contributed by atoms with Crippen molar-refractivity contribution in [1.29, 1.82) is 0 Å². The summed E-state index contributed by atoms with van der Waals surface area (Å²) in [6.45, 7) is 8.90. The van der Waals surface area contributed by atoms with E-state index >= 15 is 0 Å². The van der Waals surface area contributed by atoms with Crippen molar-refractivity contribution in [1.82, 2.24) is 15.2 Å². The van der Waals surface area contributed by atoms with E-state index in [2.05, 4.69) is 69.8 Å². The van der Waals surface area contributed by atoms with Crippen molar-refractivity contribution in [2.45, 2.75) is 26.8 Å². The van der Waals surface area contributed by atoms with Gasteiger partial charge in [0.15, 0.2) is 5.96 Å². The molecule has 1 fully saturated rings. The minimum atomic E-state index is 0.610. The highest BCUT2D eigenvalue weighted by Crippen LogP contribution is 2.23. The Morgan fingerprint density at radius 2 is 2.19 bits per heavy atom. The number of guanidine groups is 1. The summed E-state index contributed by atoms with van der Waals surface area (Å²) >= 11 is 1.70. The van der Waals surface area contributed by atoms with E-state index in [-0.39, 0.29) is 0 Å². The van der Waals surface area contributed by atoms with E-state index in [1.165, 1.54) is 12.1 Å². The van der Waals surface area contributed by atoms with Gasteiger partial charge in [-0.1, -0.05) is 18.2 Å². The molecule has 1 unspecified atom stereocenters. The van der Waals surface area contributed by atoms with Crippen molar-refractivity contribution < 1.29 is 0 Å². The maximum absolute atomic E-state index is 4.91. The molecule has 1 saturated heterocycles. The second kappa shape index (κ2) is 9.03. The molecule has 1 aromatic heterocycles. The van der Waals surface area contributed by atoms with Crippen molar-refractivity contribution in [3.63, 3.8) is 0 Å². The Morgan fingerprint density at radius 3 is 2.88 bits per heavy atom. The van der Waals surface area contributed by atoms with Gasteiger partial charge in [-0.2, -0.15) is 0 Å². The molecular weight excluding hydrogens is 342 g/mol. The van der Waals surface area contributed by atoms with Crippen LogP contribution in [0.5, 0.6) is 0 Å². The quantitative estimate of drug-likeness (QED) is 0.624. The van der Waals surface area contributed by atoms with E-state index in [1.54, 1.807) is 11.3 Å². The third-order valence-electron chi connectivity index (χ3n) is 4.67. The molecular formula is C20H29N5S. The first kappa shape index (κ1) is 18.7. The SMILES string of the molecule is CCNC(=NCC1CCN(c2ccccc2)C1)N(C)Cc1csc(C)n1. The lowest BCUT2D eigenvalue weighted by molar-refractivity contribution is 0.466. The average Bonchev–Trinajstić information content (AvgIpc) is 3.28. The largest absolute Gasteiger partial charge is 0.371 e. The molecule has 1 N–H and O–H groups in total. The van der Waals surface area contributed by atoms with Gasteiger partial charge in [-0.25, -0.2) is 4.98 Å². The van der Waals surface area contributed by atoms with Crippen LogP contribution < -0.4 is 10.2 Å². The summed E-state index contributed by atoms with van der Waals surface area (Å²) in [7, 11) is 2.08. The van der Waals surface area contributed by atoms with Crippen LogP contribution in [0.3, 0.4) is 0 Å². The third kappa shape index (κ3) is 4.97. The Balaban J connectivity index is 1.57. The summed E-state index contributed by atoms with van der Waals surface area (Å²) in [5, 5.41) is 6.66. The predicted octanol–water partition coefficient (Wildman–Crippen LogP) is 3.38. The van der Waals surface area contributed by atoms with Gasteiger partial charge in [-0.15, -0.1) is 11.3 Å². The lowest BCUT2D eigenvalue weighted by atomic mass is 10.1. The topological polar surface area (TPSA) is 43.8 Å². The number of aryl methyl sites for hydroxylation is 1. The summed E-state index contributed by atoms with van der Waals surface area (Å²) in [4.78, 5) is 14.1. The predicted molar refractivity (Wildman–Crippen MR) is 111 cm³/mol. The molecule has 1 aliphatic rings. The Morgan fingerprint density at radius 1 is 1.38 bits per heavy atom. The normalized spacial score (nSPS) is 17.6. The fraction of sp³-hybridized carbons (Fsp3) is 0.500. The van der Waals surface area contributed by atoms with Gasteiger partial charge in [0.1, 0.15) is 0 Å². The summed E-state index contributed by atoms with van der Waals surface area (Å²) < 4.78 is 0. The second-order valence-electron chi connectivity index (χ2n) is 6.84. The number of nitrogens with zero attached hydrogens (tertiary/aromatic N) is 4. The minimum Gasteiger partial charge on any atom is -0.371 e. The fourth-order valence-corrected chi connectivity index (χ4v) is 3.94. The molecule has 1 aromatic carbocycles. The fourth-order valence-electron chi connectivity index (χ4n) is 3.34. The molecule has 0 spiro atoms. The van der Waals surface area contributed by atoms with E-state index in [9.17, 15) is 0 Å². The van der Waals surface area contributed by atoms with Crippen molar-refractivity contribution in [3.05, 3.63) is 46.4 Å². The minimum absolute atomic E-state index is 0.610. The number of anilines is 1. The van der Waals surface area contributed by atoms with Gasteiger partial charge in [-0.05, 0) is 38.3 Å². The summed E-state index contributed by atoms with van der Waals surface area (Å²) in [5.74, 6) is 1.58. The Kier molecular flexibility index (Phi) is 6.50. The van der Waals surface area contributed by atoms with E-state index < -0.39 is 0 Å². The van der Waals surface area contributed by atoms with Crippen molar-refractivity contribution >= 4 is 23.0 Å². The highest BCUT2D eigenvalue weighted by atomic mass is 32.1. The summed E-state index contributed by atoms with van der Waals surface area (Å²) in [5.41, 5.74) is 2.43. The lowest BCUT2D eigenvalue weighted by Gasteiger charge is -2.22. The molecule has 1 atom stereocenters. The van der Waals surface area contributed by atoms with E-state index in [4.69, 9.17) is 4.99 Å². The standard InChI is InChI=1S/C20H29N5S/c1-4-21-20(24(3)14-18-15-26-16(2)23-18)22-12-17-10-11-25(13-17)19-8-6-5-7-9-19/h5-9,15,17H,4,10-14H2,1-3H3,(H,21,22). The zero-order valence-electron chi connectivity index (χ0n) is 16.0. The number of thiazole rings is 1. The monoisotopic (exact) mass is 371 g/mol. The molecule has 5 nitrogen and oxygen atoms in total. The smallest absolute Gasteiger partial charge is 0.194 e. The van der Waals surface area contributed by atoms with Gasteiger partial charge in [0.2, 0.25) is 0 Å². The van der Waals surface area contributed by atoms with Crippen LogP contribution in [0.2, 0.25) is 0 Å². The van der Waals surface area contributed by atoms with Crippen LogP contribution in [0.4, 0.5) is 5.69 Å². The third-order valence-corrected chi connectivity index (χ3v) is 5.49. The van der Waals surface area contributed by atoms with Crippen molar-refractivity contribution in [2.75, 3.05) is 38.1 Å². The Hall–Kier alpha value is -2.08. The Bertz CT molecular complexity index is 712. The van der Waals surface area contributed by atoms with Crippen molar-refractivity contribution in [2.24, 2.45) is 10.9 Å². The van der Waals surface area contributed by atoms with Crippen LogP contribution in [0.1, 0.15) is 24.0 Å².